The molecule has 0 bridgehead atoms. The molecule has 2 N–H and O–H groups in total. The van der Waals surface area contributed by atoms with Crippen molar-refractivity contribution in [1.82, 2.24) is 5.32 Å². The first-order valence-electron chi connectivity index (χ1n) is 4.31. The van der Waals surface area contributed by atoms with E-state index in [0.29, 0.717) is 6.54 Å². The van der Waals surface area contributed by atoms with Crippen molar-refractivity contribution in [3.63, 3.8) is 0 Å². The van der Waals surface area contributed by atoms with Gasteiger partial charge < -0.3 is 10.4 Å². The Morgan fingerprint density at radius 3 is 2.67 bits per heavy atom. The summed E-state index contributed by atoms with van der Waals surface area (Å²) in [5.74, 6) is 0. The van der Waals surface area contributed by atoms with Gasteiger partial charge in [-0.1, -0.05) is 13.8 Å². The molecule has 0 amide bonds. The zero-order valence-electron chi connectivity index (χ0n) is 7.93. The van der Waals surface area contributed by atoms with Crippen molar-refractivity contribution in [2.24, 2.45) is 5.41 Å². The van der Waals surface area contributed by atoms with Crippen molar-refractivity contribution >= 4 is 0 Å². The van der Waals surface area contributed by atoms with Gasteiger partial charge in [0, 0.05) is 13.2 Å². The molecule has 0 unspecified atom stereocenters. The summed E-state index contributed by atoms with van der Waals surface area (Å²) in [6.45, 7) is 5.75. The zero-order chi connectivity index (χ0) is 9.45. The summed E-state index contributed by atoms with van der Waals surface area (Å²) < 4.78 is 0. The first-order chi connectivity index (χ1) is 5.62. The molecule has 0 aromatic heterocycles. The maximum Gasteiger partial charge on any atom is 0.0841 e. The molecule has 3 nitrogen and oxygen atoms in total. The van der Waals surface area contributed by atoms with Crippen LogP contribution >= 0.6 is 0 Å². The van der Waals surface area contributed by atoms with Gasteiger partial charge in [0.15, 0.2) is 0 Å². The predicted octanol–water partition coefficient (Wildman–Crippen LogP) is 0.898. The maximum absolute atomic E-state index is 8.63. The van der Waals surface area contributed by atoms with Crippen molar-refractivity contribution < 1.29 is 5.11 Å². The average Bonchev–Trinajstić information content (AvgIpc) is 2.01. The van der Waals surface area contributed by atoms with Gasteiger partial charge in [-0.15, -0.1) is 0 Å². The minimum Gasteiger partial charge on any atom is -0.396 e. The van der Waals surface area contributed by atoms with Crippen LogP contribution in [0.5, 0.6) is 0 Å². The summed E-state index contributed by atoms with van der Waals surface area (Å²) in [6, 6.07) is 2.04. The Bertz CT molecular complexity index is 149. The van der Waals surface area contributed by atoms with Gasteiger partial charge in [0.2, 0.25) is 0 Å². The minimum atomic E-state index is 0.180. The van der Waals surface area contributed by atoms with Crippen LogP contribution in [-0.4, -0.2) is 24.8 Å². The molecule has 3 heteroatoms. The first-order valence-corrected chi connectivity index (χ1v) is 4.31. The van der Waals surface area contributed by atoms with E-state index in [-0.39, 0.29) is 12.0 Å². The molecule has 0 saturated heterocycles. The monoisotopic (exact) mass is 170 g/mol. The number of aliphatic hydroxyl groups excluding tert-OH is 1. The van der Waals surface area contributed by atoms with E-state index in [4.69, 9.17) is 10.4 Å². The molecule has 12 heavy (non-hydrogen) atoms. The van der Waals surface area contributed by atoms with Crippen molar-refractivity contribution in [2.45, 2.75) is 26.7 Å². The zero-order valence-corrected chi connectivity index (χ0v) is 7.93. The van der Waals surface area contributed by atoms with Gasteiger partial charge in [-0.05, 0) is 18.3 Å². The number of nitriles is 1. The first kappa shape index (κ1) is 11.4. The van der Waals surface area contributed by atoms with Gasteiger partial charge in [-0.25, -0.2) is 0 Å². The second-order valence-corrected chi connectivity index (χ2v) is 3.75. The fraction of sp³-hybridized carbons (Fsp3) is 0.889. The van der Waals surface area contributed by atoms with Crippen molar-refractivity contribution in [3.8, 4) is 6.07 Å². The Hall–Kier alpha value is -0.590. The molecule has 0 radical (unpaired) electrons. The molecule has 0 rings (SSSR count). The lowest BCUT2D eigenvalue weighted by molar-refractivity contribution is 0.238. The van der Waals surface area contributed by atoms with E-state index in [0.717, 1.165) is 19.4 Å². The van der Waals surface area contributed by atoms with Gasteiger partial charge in [0.05, 0.1) is 12.6 Å². The quantitative estimate of drug-likeness (QED) is 0.460. The molecular formula is C9H18N2O. The molecule has 0 spiro atoms. The normalized spacial score (nSPS) is 11.2. The van der Waals surface area contributed by atoms with E-state index in [2.05, 4.69) is 19.2 Å². The number of rotatable bonds is 6. The topological polar surface area (TPSA) is 56.0 Å². The third-order valence-electron chi connectivity index (χ3n) is 1.82. The summed E-state index contributed by atoms with van der Waals surface area (Å²) >= 11 is 0. The van der Waals surface area contributed by atoms with Crippen LogP contribution in [0.15, 0.2) is 0 Å². The van der Waals surface area contributed by atoms with Crippen LogP contribution in [0.2, 0.25) is 0 Å². The van der Waals surface area contributed by atoms with E-state index >= 15 is 0 Å². The summed E-state index contributed by atoms with van der Waals surface area (Å²) in [7, 11) is 0. The van der Waals surface area contributed by atoms with Crippen LogP contribution < -0.4 is 5.32 Å². The molecule has 0 atom stereocenters. The van der Waals surface area contributed by atoms with Crippen molar-refractivity contribution in [2.75, 3.05) is 19.7 Å². The standard InChI is InChI=1S/C9H18N2O/c1-9(2,4-3-7-12)8-11-6-5-10/h11-12H,3-4,6-8H2,1-2H3. The Kier molecular flexibility index (Phi) is 5.69. The summed E-state index contributed by atoms with van der Waals surface area (Å²) in [4.78, 5) is 0. The van der Waals surface area contributed by atoms with Gasteiger partial charge >= 0.3 is 0 Å². The molecule has 0 aliphatic rings. The highest BCUT2D eigenvalue weighted by molar-refractivity contribution is 4.77. The van der Waals surface area contributed by atoms with E-state index < -0.39 is 0 Å². The lowest BCUT2D eigenvalue weighted by atomic mass is 9.88. The summed E-state index contributed by atoms with van der Waals surface area (Å²) in [5.41, 5.74) is 0.180. The molecule has 0 aromatic rings. The second-order valence-electron chi connectivity index (χ2n) is 3.75. The molecule has 0 fully saturated rings. The number of nitrogens with one attached hydrogen (secondary N) is 1. The molecule has 0 saturated carbocycles. The van der Waals surface area contributed by atoms with E-state index in [9.17, 15) is 0 Å². The Morgan fingerprint density at radius 1 is 1.50 bits per heavy atom. The fourth-order valence-corrected chi connectivity index (χ4v) is 1.10. The minimum absolute atomic E-state index is 0.180. The molecule has 0 aliphatic carbocycles. The van der Waals surface area contributed by atoms with Gasteiger partial charge in [0.25, 0.3) is 0 Å². The Labute approximate surface area is 74.4 Å². The van der Waals surface area contributed by atoms with Gasteiger partial charge in [-0.3, -0.25) is 0 Å². The average molecular weight is 170 g/mol. The number of aliphatic hydroxyl groups is 1. The van der Waals surface area contributed by atoms with Crippen LogP contribution in [0.3, 0.4) is 0 Å². The van der Waals surface area contributed by atoms with Crippen LogP contribution in [0.4, 0.5) is 0 Å². The van der Waals surface area contributed by atoms with Gasteiger partial charge in [-0.2, -0.15) is 5.26 Å². The SMILES string of the molecule is CC(C)(CCCO)CNCC#N. The lowest BCUT2D eigenvalue weighted by Crippen LogP contribution is -2.29. The van der Waals surface area contributed by atoms with Gasteiger partial charge in [0.1, 0.15) is 0 Å². The molecule has 0 aromatic carbocycles. The molecule has 70 valence electrons. The fourth-order valence-electron chi connectivity index (χ4n) is 1.10. The molecule has 0 aliphatic heterocycles. The van der Waals surface area contributed by atoms with E-state index in [1.54, 1.807) is 0 Å². The van der Waals surface area contributed by atoms with Crippen molar-refractivity contribution in [3.05, 3.63) is 0 Å². The molecular weight excluding hydrogens is 152 g/mol. The highest BCUT2D eigenvalue weighted by atomic mass is 16.2. The number of hydrogen-bond donors (Lipinski definition) is 2. The number of nitrogens with zero attached hydrogens (tertiary/aromatic N) is 1. The number of hydrogen-bond acceptors (Lipinski definition) is 3. The highest BCUT2D eigenvalue weighted by Crippen LogP contribution is 2.20. The Balaban J connectivity index is 3.50. The van der Waals surface area contributed by atoms with Crippen LogP contribution in [0, 0.1) is 16.7 Å². The third kappa shape index (κ3) is 6.14. The largest absolute Gasteiger partial charge is 0.396 e. The third-order valence-corrected chi connectivity index (χ3v) is 1.82. The predicted molar refractivity (Wildman–Crippen MR) is 48.6 cm³/mol. The van der Waals surface area contributed by atoms with Crippen LogP contribution in [0.25, 0.3) is 0 Å². The summed E-state index contributed by atoms with van der Waals surface area (Å²) in [5, 5.41) is 20.0. The smallest absolute Gasteiger partial charge is 0.0841 e. The maximum atomic E-state index is 8.63. The van der Waals surface area contributed by atoms with Crippen molar-refractivity contribution in [1.29, 1.82) is 5.26 Å². The van der Waals surface area contributed by atoms with E-state index in [1.165, 1.54) is 0 Å². The van der Waals surface area contributed by atoms with Crippen LogP contribution in [0.1, 0.15) is 26.7 Å². The Morgan fingerprint density at radius 2 is 2.17 bits per heavy atom. The second kappa shape index (κ2) is 5.99. The lowest BCUT2D eigenvalue weighted by Gasteiger charge is -2.23. The summed E-state index contributed by atoms with van der Waals surface area (Å²) in [6.07, 6.45) is 1.82. The van der Waals surface area contributed by atoms with E-state index in [1.807, 2.05) is 6.07 Å². The molecule has 0 heterocycles. The highest BCUT2D eigenvalue weighted by Gasteiger charge is 2.15. The van der Waals surface area contributed by atoms with Crippen LogP contribution in [-0.2, 0) is 0 Å².